The van der Waals surface area contributed by atoms with E-state index in [9.17, 15) is 9.90 Å². The molecule has 4 heterocycles. The highest BCUT2D eigenvalue weighted by molar-refractivity contribution is 5.39. The predicted octanol–water partition coefficient (Wildman–Crippen LogP) is 1.62. The number of hydrogen-bond acceptors (Lipinski definition) is 5. The van der Waals surface area contributed by atoms with Gasteiger partial charge in [-0.3, -0.25) is 14.8 Å². The molecule has 0 unspecified atom stereocenters. The lowest BCUT2D eigenvalue weighted by atomic mass is 9.81. The van der Waals surface area contributed by atoms with Gasteiger partial charge in [-0.15, -0.1) is 0 Å². The second-order valence-corrected chi connectivity index (χ2v) is 7.92. The van der Waals surface area contributed by atoms with Gasteiger partial charge in [-0.25, -0.2) is 9.50 Å². The third kappa shape index (κ3) is 3.43. The summed E-state index contributed by atoms with van der Waals surface area (Å²) in [6, 6.07) is 3.50. The molecule has 0 bridgehead atoms. The van der Waals surface area contributed by atoms with Crippen LogP contribution in [0.15, 0.2) is 16.9 Å². The van der Waals surface area contributed by atoms with Crippen molar-refractivity contribution in [3.63, 3.8) is 0 Å². The number of piperidine rings is 1. The van der Waals surface area contributed by atoms with E-state index in [1.54, 1.807) is 6.07 Å². The van der Waals surface area contributed by atoms with Crippen LogP contribution in [0.3, 0.4) is 0 Å². The van der Waals surface area contributed by atoms with E-state index in [1.807, 2.05) is 13.0 Å². The van der Waals surface area contributed by atoms with Crippen LogP contribution in [-0.2, 0) is 11.3 Å². The smallest absolute Gasteiger partial charge is 0.272 e. The number of aromatic amines is 1. The van der Waals surface area contributed by atoms with Gasteiger partial charge in [0.05, 0.1) is 23.5 Å². The van der Waals surface area contributed by atoms with E-state index < -0.39 is 0 Å². The molecule has 2 fully saturated rings. The average Bonchev–Trinajstić information content (AvgIpc) is 2.97. The molecule has 4 rings (SSSR count). The molecule has 7 nitrogen and oxygen atoms in total. The Kier molecular flexibility index (Phi) is 4.62. The van der Waals surface area contributed by atoms with Crippen molar-refractivity contribution in [2.75, 3.05) is 13.1 Å². The summed E-state index contributed by atoms with van der Waals surface area (Å²) in [6.45, 7) is 6.51. The first-order valence-electron chi connectivity index (χ1n) is 9.63. The van der Waals surface area contributed by atoms with Gasteiger partial charge in [0.25, 0.3) is 5.56 Å². The Morgan fingerprint density at radius 3 is 2.88 bits per heavy atom. The Balaban J connectivity index is 1.43. The van der Waals surface area contributed by atoms with Crippen molar-refractivity contribution in [3.05, 3.63) is 33.9 Å². The SMILES string of the molecule is CC[C@H]1C[C@@H](O)CC2(CCN(Cc3cc(=O)n4[nH]c(C)cc4n3)CC2)O1. The van der Waals surface area contributed by atoms with E-state index in [2.05, 4.69) is 21.9 Å². The van der Waals surface area contributed by atoms with Gasteiger partial charge in [0.15, 0.2) is 5.65 Å². The Hall–Kier alpha value is -1.70. The zero-order valence-corrected chi connectivity index (χ0v) is 15.6. The number of aliphatic hydroxyl groups is 1. The first-order valence-corrected chi connectivity index (χ1v) is 9.63. The summed E-state index contributed by atoms with van der Waals surface area (Å²) in [5.74, 6) is 0. The highest BCUT2D eigenvalue weighted by Gasteiger charge is 2.42. The van der Waals surface area contributed by atoms with Crippen LogP contribution in [0.2, 0.25) is 0 Å². The second-order valence-electron chi connectivity index (χ2n) is 7.92. The summed E-state index contributed by atoms with van der Waals surface area (Å²) in [4.78, 5) is 19.2. The van der Waals surface area contributed by atoms with Crippen molar-refractivity contribution in [2.45, 2.75) is 70.3 Å². The fourth-order valence-electron chi connectivity index (χ4n) is 4.43. The number of aromatic nitrogens is 3. The molecule has 2 aromatic rings. The molecule has 0 aromatic carbocycles. The highest BCUT2D eigenvalue weighted by atomic mass is 16.5. The number of fused-ring (bicyclic) bond motifs is 1. The standard InChI is InChI=1S/C19H28N4O3/c1-3-16-10-15(24)11-19(26-16)4-6-22(7-5-19)12-14-9-18(25)23-17(20-14)8-13(2)21-23/h8-9,15-16,21,24H,3-7,10-12H2,1-2H3/t15-,16+/m1/s1. The molecule has 2 aliphatic rings. The minimum absolute atomic E-state index is 0.0731. The quantitative estimate of drug-likeness (QED) is 0.869. The molecule has 1 spiro atoms. The predicted molar refractivity (Wildman–Crippen MR) is 98.2 cm³/mol. The number of nitrogens with zero attached hydrogens (tertiary/aromatic N) is 3. The maximum Gasteiger partial charge on any atom is 0.272 e. The first-order chi connectivity index (χ1) is 12.5. The lowest BCUT2D eigenvalue weighted by Crippen LogP contribution is -2.52. The Morgan fingerprint density at radius 2 is 2.15 bits per heavy atom. The summed E-state index contributed by atoms with van der Waals surface area (Å²) >= 11 is 0. The average molecular weight is 360 g/mol. The van der Waals surface area contributed by atoms with Gasteiger partial charge in [0, 0.05) is 43.9 Å². The zero-order valence-electron chi connectivity index (χ0n) is 15.6. The largest absolute Gasteiger partial charge is 0.393 e. The van der Waals surface area contributed by atoms with E-state index >= 15 is 0 Å². The number of rotatable bonds is 3. The van der Waals surface area contributed by atoms with Gasteiger partial charge in [0.2, 0.25) is 0 Å². The molecule has 0 saturated carbocycles. The molecule has 2 aromatic heterocycles. The minimum atomic E-state index is -0.249. The normalized spacial score (nSPS) is 26.6. The molecule has 0 radical (unpaired) electrons. The zero-order chi connectivity index (χ0) is 18.3. The van der Waals surface area contributed by atoms with Crippen LogP contribution in [0.25, 0.3) is 5.65 Å². The number of ether oxygens (including phenoxy) is 1. The highest BCUT2D eigenvalue weighted by Crippen LogP contribution is 2.38. The van der Waals surface area contributed by atoms with Gasteiger partial charge in [-0.05, 0) is 32.6 Å². The topological polar surface area (TPSA) is 82.9 Å². The lowest BCUT2D eigenvalue weighted by Gasteiger charge is -2.47. The Morgan fingerprint density at radius 1 is 1.38 bits per heavy atom. The van der Waals surface area contributed by atoms with Crippen molar-refractivity contribution < 1.29 is 9.84 Å². The van der Waals surface area contributed by atoms with Crippen LogP contribution in [-0.4, -0.2) is 55.5 Å². The number of nitrogens with one attached hydrogen (secondary N) is 1. The molecule has 2 atom stereocenters. The van der Waals surface area contributed by atoms with Crippen LogP contribution in [0.1, 0.15) is 50.4 Å². The van der Waals surface area contributed by atoms with E-state index in [-0.39, 0.29) is 23.4 Å². The fourth-order valence-corrected chi connectivity index (χ4v) is 4.43. The maximum atomic E-state index is 12.2. The van der Waals surface area contributed by atoms with Crippen molar-refractivity contribution in [3.8, 4) is 0 Å². The van der Waals surface area contributed by atoms with Crippen LogP contribution < -0.4 is 5.56 Å². The molecule has 0 amide bonds. The summed E-state index contributed by atoms with van der Waals surface area (Å²) in [7, 11) is 0. The summed E-state index contributed by atoms with van der Waals surface area (Å²) < 4.78 is 7.83. The van der Waals surface area contributed by atoms with Crippen molar-refractivity contribution in [1.82, 2.24) is 19.5 Å². The van der Waals surface area contributed by atoms with Crippen molar-refractivity contribution in [1.29, 1.82) is 0 Å². The first kappa shape index (κ1) is 17.7. The molecule has 0 aliphatic carbocycles. The van der Waals surface area contributed by atoms with E-state index in [1.165, 1.54) is 4.52 Å². The van der Waals surface area contributed by atoms with Gasteiger partial charge >= 0.3 is 0 Å². The summed E-state index contributed by atoms with van der Waals surface area (Å²) in [5.41, 5.74) is 2.15. The van der Waals surface area contributed by atoms with Crippen molar-refractivity contribution >= 4 is 5.65 Å². The Labute approximate surface area is 153 Å². The molecular weight excluding hydrogens is 332 g/mol. The van der Waals surface area contributed by atoms with E-state index in [0.29, 0.717) is 12.2 Å². The molecule has 2 aliphatic heterocycles. The molecule has 7 heteroatoms. The number of aryl methyl sites for hydroxylation is 1. The van der Waals surface area contributed by atoms with Gasteiger partial charge in [-0.1, -0.05) is 6.92 Å². The van der Waals surface area contributed by atoms with Crippen LogP contribution >= 0.6 is 0 Å². The fraction of sp³-hybridized carbons (Fsp3) is 0.684. The van der Waals surface area contributed by atoms with Gasteiger partial charge in [0.1, 0.15) is 0 Å². The monoisotopic (exact) mass is 360 g/mol. The second kappa shape index (κ2) is 6.79. The molecule has 2 N–H and O–H groups in total. The Bertz CT molecular complexity index is 835. The molecule has 2 saturated heterocycles. The number of likely N-dealkylation sites (tertiary alicyclic amines) is 1. The van der Waals surface area contributed by atoms with Gasteiger partial charge in [-0.2, -0.15) is 0 Å². The third-order valence-electron chi connectivity index (χ3n) is 5.80. The van der Waals surface area contributed by atoms with Crippen LogP contribution in [0.5, 0.6) is 0 Å². The van der Waals surface area contributed by atoms with Crippen molar-refractivity contribution in [2.24, 2.45) is 0 Å². The maximum absolute atomic E-state index is 12.2. The van der Waals surface area contributed by atoms with Gasteiger partial charge < -0.3 is 9.84 Å². The number of hydrogen-bond donors (Lipinski definition) is 2. The van der Waals surface area contributed by atoms with Crippen LogP contribution in [0.4, 0.5) is 0 Å². The van der Waals surface area contributed by atoms with E-state index in [0.717, 1.165) is 56.6 Å². The number of aliphatic hydroxyl groups excluding tert-OH is 1. The van der Waals surface area contributed by atoms with Crippen LogP contribution in [0, 0.1) is 6.92 Å². The number of H-pyrrole nitrogens is 1. The van der Waals surface area contributed by atoms with E-state index in [4.69, 9.17) is 4.74 Å². The third-order valence-corrected chi connectivity index (χ3v) is 5.80. The summed E-state index contributed by atoms with van der Waals surface area (Å²) in [5, 5.41) is 13.2. The minimum Gasteiger partial charge on any atom is -0.393 e. The summed E-state index contributed by atoms with van der Waals surface area (Å²) in [6.07, 6.45) is 4.22. The molecule has 26 heavy (non-hydrogen) atoms. The molecule has 142 valence electrons. The lowest BCUT2D eigenvalue weighted by molar-refractivity contribution is -0.182. The molecular formula is C19H28N4O3.